The van der Waals surface area contributed by atoms with E-state index in [0.717, 1.165) is 48.9 Å². The monoisotopic (exact) mass is 466 g/mol. The summed E-state index contributed by atoms with van der Waals surface area (Å²) >= 11 is 0. The lowest BCUT2D eigenvalue weighted by atomic mass is 10.2. The van der Waals surface area contributed by atoms with E-state index in [1.807, 2.05) is 23.1 Å². The fourth-order valence-corrected chi connectivity index (χ4v) is 3.16. The van der Waals surface area contributed by atoms with Crippen molar-refractivity contribution in [2.45, 2.75) is 13.1 Å². The first-order valence-electron chi connectivity index (χ1n) is 9.76. The first-order chi connectivity index (χ1) is 15.6. The Morgan fingerprint density at radius 3 is 2.33 bits per heavy atom. The number of ether oxygens (including phenoxy) is 1. The van der Waals surface area contributed by atoms with E-state index in [4.69, 9.17) is 14.6 Å². The standard InChI is InChI=1S/C18H20N6O2.C2HF3O2/c1-13(25)22-7-9-23(10-8-22)17-11-14(5-6-19-17)15-12-20-16-3-4-18(26-2)21-24(15)16;3-2(4,5)1(6)7/h3-6,11-12H,7-10H2,1-2H3;(H,6,7). The highest BCUT2D eigenvalue weighted by molar-refractivity contribution is 5.74. The molecule has 0 radical (unpaired) electrons. The van der Waals surface area contributed by atoms with Crippen molar-refractivity contribution < 1.29 is 32.6 Å². The second kappa shape index (κ2) is 9.71. The topological polar surface area (TPSA) is 113 Å². The van der Waals surface area contributed by atoms with Crippen LogP contribution >= 0.6 is 0 Å². The molecule has 4 heterocycles. The van der Waals surface area contributed by atoms with Crippen molar-refractivity contribution in [3.63, 3.8) is 0 Å². The van der Waals surface area contributed by atoms with Crippen molar-refractivity contribution in [1.29, 1.82) is 0 Å². The van der Waals surface area contributed by atoms with E-state index in [1.165, 1.54) is 0 Å². The Morgan fingerprint density at radius 1 is 1.09 bits per heavy atom. The average molecular weight is 466 g/mol. The molecule has 4 rings (SSSR count). The number of piperazine rings is 1. The van der Waals surface area contributed by atoms with Gasteiger partial charge in [0.25, 0.3) is 0 Å². The van der Waals surface area contributed by atoms with Crippen molar-refractivity contribution >= 4 is 23.3 Å². The van der Waals surface area contributed by atoms with Crippen LogP contribution in [0.5, 0.6) is 5.88 Å². The fraction of sp³-hybridized carbons (Fsp3) is 0.350. The highest BCUT2D eigenvalue weighted by Gasteiger charge is 2.38. The summed E-state index contributed by atoms with van der Waals surface area (Å²) in [4.78, 5) is 33.4. The molecule has 1 aliphatic heterocycles. The number of carbonyl (C=O) groups excluding carboxylic acids is 1. The van der Waals surface area contributed by atoms with E-state index in [1.54, 1.807) is 37.0 Å². The summed E-state index contributed by atoms with van der Waals surface area (Å²) in [5.74, 6) is -1.21. The molecule has 0 spiro atoms. The number of hydrogen-bond donors (Lipinski definition) is 1. The minimum atomic E-state index is -5.08. The minimum Gasteiger partial charge on any atom is -0.480 e. The van der Waals surface area contributed by atoms with E-state index in [-0.39, 0.29) is 5.91 Å². The van der Waals surface area contributed by atoms with Gasteiger partial charge in [-0.25, -0.2) is 19.3 Å². The van der Waals surface area contributed by atoms with Crippen LogP contribution in [0.4, 0.5) is 19.0 Å². The summed E-state index contributed by atoms with van der Waals surface area (Å²) < 4.78 is 38.7. The lowest BCUT2D eigenvalue weighted by molar-refractivity contribution is -0.192. The van der Waals surface area contributed by atoms with E-state index in [9.17, 15) is 18.0 Å². The van der Waals surface area contributed by atoms with E-state index >= 15 is 0 Å². The summed E-state index contributed by atoms with van der Waals surface area (Å²) in [7, 11) is 1.59. The largest absolute Gasteiger partial charge is 0.490 e. The van der Waals surface area contributed by atoms with Crippen LogP contribution < -0.4 is 9.64 Å². The van der Waals surface area contributed by atoms with E-state index < -0.39 is 12.1 Å². The summed E-state index contributed by atoms with van der Waals surface area (Å²) in [6.45, 7) is 4.59. The Bertz CT molecular complexity index is 1140. The number of amides is 1. The molecule has 1 fully saturated rings. The smallest absolute Gasteiger partial charge is 0.480 e. The van der Waals surface area contributed by atoms with Crippen LogP contribution in [0, 0.1) is 0 Å². The van der Waals surface area contributed by atoms with Gasteiger partial charge in [0.05, 0.1) is 19.0 Å². The SMILES string of the molecule is COc1ccc2ncc(-c3ccnc(N4CCN(C(C)=O)CC4)c3)n2n1.O=C(O)C(F)(F)F. The number of carboxylic acids is 1. The molecule has 13 heteroatoms. The maximum atomic E-state index is 11.5. The summed E-state index contributed by atoms with van der Waals surface area (Å²) in [5, 5.41) is 11.6. The number of alkyl halides is 3. The molecule has 1 saturated heterocycles. The van der Waals surface area contributed by atoms with E-state index in [0.29, 0.717) is 5.88 Å². The molecule has 33 heavy (non-hydrogen) atoms. The van der Waals surface area contributed by atoms with Crippen LogP contribution in [0.2, 0.25) is 0 Å². The molecular formula is C20H21F3N6O4. The van der Waals surface area contributed by atoms with Crippen LogP contribution in [0.15, 0.2) is 36.7 Å². The average Bonchev–Trinajstić information content (AvgIpc) is 3.22. The van der Waals surface area contributed by atoms with Gasteiger partial charge in [0, 0.05) is 50.9 Å². The van der Waals surface area contributed by atoms with Crippen LogP contribution in [0.1, 0.15) is 6.92 Å². The second-order valence-corrected chi connectivity index (χ2v) is 6.99. The molecule has 1 aliphatic rings. The second-order valence-electron chi connectivity index (χ2n) is 6.99. The van der Waals surface area contributed by atoms with Gasteiger partial charge in [-0.05, 0) is 18.2 Å². The molecule has 3 aromatic heterocycles. The molecule has 3 aromatic rings. The van der Waals surface area contributed by atoms with Crippen molar-refractivity contribution in [3.05, 3.63) is 36.7 Å². The van der Waals surface area contributed by atoms with Gasteiger partial charge >= 0.3 is 12.1 Å². The first kappa shape index (κ1) is 23.8. The quantitative estimate of drug-likeness (QED) is 0.625. The van der Waals surface area contributed by atoms with Gasteiger partial charge in [-0.3, -0.25) is 4.79 Å². The van der Waals surface area contributed by atoms with Gasteiger partial charge in [-0.2, -0.15) is 13.2 Å². The maximum absolute atomic E-state index is 11.5. The number of methoxy groups -OCH3 is 1. The Labute approximate surface area is 186 Å². The fourth-order valence-electron chi connectivity index (χ4n) is 3.16. The van der Waals surface area contributed by atoms with Crippen LogP contribution in [-0.2, 0) is 9.59 Å². The van der Waals surface area contributed by atoms with E-state index in [2.05, 4.69) is 20.0 Å². The van der Waals surface area contributed by atoms with Crippen LogP contribution in [0.25, 0.3) is 16.9 Å². The predicted molar refractivity (Wildman–Crippen MR) is 111 cm³/mol. The molecule has 176 valence electrons. The lowest BCUT2D eigenvalue weighted by Gasteiger charge is -2.35. The van der Waals surface area contributed by atoms with Gasteiger partial charge < -0.3 is 19.6 Å². The van der Waals surface area contributed by atoms with Crippen molar-refractivity contribution in [1.82, 2.24) is 24.5 Å². The van der Waals surface area contributed by atoms with Gasteiger partial charge in [0.1, 0.15) is 5.82 Å². The van der Waals surface area contributed by atoms with Crippen molar-refractivity contribution in [2.75, 3.05) is 38.2 Å². The van der Waals surface area contributed by atoms with Gasteiger partial charge in [-0.1, -0.05) is 0 Å². The third-order valence-electron chi connectivity index (χ3n) is 4.88. The Morgan fingerprint density at radius 2 is 1.76 bits per heavy atom. The Kier molecular flexibility index (Phi) is 6.99. The number of rotatable bonds is 3. The molecular weight excluding hydrogens is 445 g/mol. The van der Waals surface area contributed by atoms with Crippen molar-refractivity contribution in [3.8, 4) is 17.1 Å². The number of carbonyl (C=O) groups is 2. The zero-order valence-electron chi connectivity index (χ0n) is 17.8. The zero-order valence-corrected chi connectivity index (χ0v) is 17.8. The Hall–Kier alpha value is -3.90. The molecule has 10 nitrogen and oxygen atoms in total. The molecule has 0 aromatic carbocycles. The summed E-state index contributed by atoms with van der Waals surface area (Å²) in [6, 6.07) is 7.64. The highest BCUT2D eigenvalue weighted by Crippen LogP contribution is 2.25. The number of hydrogen-bond acceptors (Lipinski definition) is 7. The number of fused-ring (bicyclic) bond motifs is 1. The maximum Gasteiger partial charge on any atom is 0.490 e. The molecule has 0 saturated carbocycles. The van der Waals surface area contributed by atoms with Crippen LogP contribution in [-0.4, -0.2) is 80.9 Å². The van der Waals surface area contributed by atoms with Gasteiger partial charge in [0.15, 0.2) is 5.65 Å². The summed E-state index contributed by atoms with van der Waals surface area (Å²) in [5.41, 5.74) is 2.62. The molecule has 0 aliphatic carbocycles. The number of aliphatic carboxylic acids is 1. The molecule has 1 N–H and O–H groups in total. The molecule has 1 amide bonds. The number of aromatic nitrogens is 4. The summed E-state index contributed by atoms with van der Waals surface area (Å²) in [6.07, 6.45) is -1.49. The number of carboxylic acid groups (broad SMARTS) is 1. The number of halogens is 3. The molecule has 0 bridgehead atoms. The number of nitrogens with zero attached hydrogens (tertiary/aromatic N) is 6. The normalized spacial score (nSPS) is 14.0. The van der Waals surface area contributed by atoms with Crippen molar-refractivity contribution in [2.24, 2.45) is 0 Å². The minimum absolute atomic E-state index is 0.122. The number of imidazole rings is 1. The highest BCUT2D eigenvalue weighted by atomic mass is 19.4. The van der Waals surface area contributed by atoms with Gasteiger partial charge in [0.2, 0.25) is 11.8 Å². The van der Waals surface area contributed by atoms with Gasteiger partial charge in [-0.15, -0.1) is 5.10 Å². The Balaban J connectivity index is 0.000000383. The molecule has 0 unspecified atom stereocenters. The predicted octanol–water partition coefficient (Wildman–Crippen LogP) is 2.10. The zero-order chi connectivity index (χ0) is 24.2. The lowest BCUT2D eigenvalue weighted by Crippen LogP contribution is -2.48. The third kappa shape index (κ3) is 5.67. The third-order valence-corrected chi connectivity index (χ3v) is 4.88. The molecule has 0 atom stereocenters. The van der Waals surface area contributed by atoms with Crippen LogP contribution in [0.3, 0.4) is 0 Å². The number of pyridine rings is 1. The number of anilines is 1. The first-order valence-corrected chi connectivity index (χ1v) is 9.76.